The van der Waals surface area contributed by atoms with E-state index in [1.807, 2.05) is 19.1 Å². The van der Waals surface area contributed by atoms with Gasteiger partial charge >= 0.3 is 0 Å². The molecule has 1 saturated carbocycles. The lowest BCUT2D eigenvalue weighted by Crippen LogP contribution is -2.56. The van der Waals surface area contributed by atoms with Gasteiger partial charge in [0.15, 0.2) is 0 Å². The number of ether oxygens (including phenoxy) is 2. The number of carbonyl (C=O) groups is 3. The maximum atomic E-state index is 13.9. The Hall–Kier alpha value is -2.87. The smallest absolute Gasteiger partial charge is 0.246 e. The van der Waals surface area contributed by atoms with Crippen molar-refractivity contribution in [3.8, 4) is 5.75 Å². The highest BCUT2D eigenvalue weighted by Crippen LogP contribution is 2.55. The van der Waals surface area contributed by atoms with Crippen LogP contribution in [0.25, 0.3) is 0 Å². The van der Waals surface area contributed by atoms with E-state index in [2.05, 4.69) is 24.5 Å². The zero-order valence-corrected chi connectivity index (χ0v) is 22.1. The minimum Gasteiger partial charge on any atom is -0.494 e. The zero-order valence-electron chi connectivity index (χ0n) is 22.1. The summed E-state index contributed by atoms with van der Waals surface area (Å²) in [6.45, 7) is 7.15. The first-order chi connectivity index (χ1) is 17.8. The number of likely N-dealkylation sites (tertiary alicyclic amines) is 1. The Bertz CT molecular complexity index is 1050. The number of anilines is 1. The molecule has 2 saturated heterocycles. The van der Waals surface area contributed by atoms with Gasteiger partial charge in [0.05, 0.1) is 24.5 Å². The lowest BCUT2D eigenvalue weighted by Gasteiger charge is -2.34. The Morgan fingerprint density at radius 3 is 2.54 bits per heavy atom. The van der Waals surface area contributed by atoms with E-state index >= 15 is 0 Å². The molecule has 3 fully saturated rings. The molecule has 3 heterocycles. The van der Waals surface area contributed by atoms with Gasteiger partial charge < -0.3 is 25.0 Å². The van der Waals surface area contributed by atoms with Crippen LogP contribution >= 0.6 is 0 Å². The summed E-state index contributed by atoms with van der Waals surface area (Å²) in [6, 6.07) is 6.54. The summed E-state index contributed by atoms with van der Waals surface area (Å²) in [5.41, 5.74) is -0.485. The molecular weight excluding hydrogens is 470 g/mol. The summed E-state index contributed by atoms with van der Waals surface area (Å²) < 4.78 is 11.9. The van der Waals surface area contributed by atoms with Crippen molar-refractivity contribution >= 4 is 23.4 Å². The highest BCUT2D eigenvalue weighted by atomic mass is 16.5. The second kappa shape index (κ2) is 10.5. The SMILES string of the molecule is CCOc1ccc(NC(=O)[C@@H]2[C@@H]3C=C[C@]4(O3)[C@@H]2C(=O)N(CCC(C)C)[C@@H]4C(=O)NC2CCCCC2)cc1. The topological polar surface area (TPSA) is 97.0 Å². The molecule has 0 aromatic heterocycles. The van der Waals surface area contributed by atoms with Crippen LogP contribution in [-0.4, -0.2) is 59.6 Å². The van der Waals surface area contributed by atoms with E-state index in [0.717, 1.165) is 37.9 Å². The van der Waals surface area contributed by atoms with Crippen LogP contribution in [0.5, 0.6) is 5.75 Å². The van der Waals surface area contributed by atoms with Gasteiger partial charge in [0.2, 0.25) is 17.7 Å². The fourth-order valence-corrected chi connectivity index (χ4v) is 6.46. The van der Waals surface area contributed by atoms with Crippen molar-refractivity contribution in [1.29, 1.82) is 0 Å². The molecule has 0 radical (unpaired) electrons. The van der Waals surface area contributed by atoms with E-state index in [9.17, 15) is 14.4 Å². The van der Waals surface area contributed by atoms with Gasteiger partial charge in [-0.3, -0.25) is 14.4 Å². The van der Waals surface area contributed by atoms with Crippen molar-refractivity contribution in [2.45, 2.75) is 83.1 Å². The van der Waals surface area contributed by atoms with E-state index in [1.165, 1.54) is 6.42 Å². The van der Waals surface area contributed by atoms with Gasteiger partial charge in [-0.25, -0.2) is 0 Å². The number of carbonyl (C=O) groups excluding carboxylic acids is 3. The molecule has 2 N–H and O–H groups in total. The summed E-state index contributed by atoms with van der Waals surface area (Å²) >= 11 is 0. The normalized spacial score (nSPS) is 30.6. The molecule has 37 heavy (non-hydrogen) atoms. The molecule has 4 aliphatic rings. The van der Waals surface area contributed by atoms with Crippen LogP contribution in [0.4, 0.5) is 5.69 Å². The molecule has 5 atom stereocenters. The predicted molar refractivity (Wildman–Crippen MR) is 140 cm³/mol. The third-order valence-electron chi connectivity index (χ3n) is 8.26. The first kappa shape index (κ1) is 25.8. The summed E-state index contributed by atoms with van der Waals surface area (Å²) in [5, 5.41) is 6.19. The molecular formula is C29H39N3O5. The Morgan fingerprint density at radius 2 is 1.86 bits per heavy atom. The van der Waals surface area contributed by atoms with Gasteiger partial charge in [-0.2, -0.15) is 0 Å². The number of rotatable bonds is 9. The first-order valence-electron chi connectivity index (χ1n) is 13.9. The fraction of sp³-hybridized carbons (Fsp3) is 0.621. The Morgan fingerprint density at radius 1 is 1.14 bits per heavy atom. The minimum absolute atomic E-state index is 0.125. The standard InChI is InChI=1S/C29H39N3O5/c1-4-36-21-12-10-20(11-13-21)30-26(33)23-22-14-16-29(37-22)24(23)28(35)32(17-15-18(2)3)25(29)27(34)31-19-8-6-5-7-9-19/h10-14,16,18-19,22-25H,4-9,15,17H2,1-3H3,(H,30,33)(H,31,34)/t22-,23+,24-,25+,29-/m0/s1. The summed E-state index contributed by atoms with van der Waals surface area (Å²) in [4.78, 5) is 42.9. The number of nitrogens with zero attached hydrogens (tertiary/aromatic N) is 1. The molecule has 1 aromatic carbocycles. The van der Waals surface area contributed by atoms with Crippen LogP contribution in [0.2, 0.25) is 0 Å². The summed E-state index contributed by atoms with van der Waals surface area (Å²) in [6.07, 6.45) is 9.30. The second-order valence-electron chi connectivity index (χ2n) is 11.2. The molecule has 5 rings (SSSR count). The molecule has 200 valence electrons. The first-order valence-corrected chi connectivity index (χ1v) is 13.9. The molecule has 2 bridgehead atoms. The van der Waals surface area contributed by atoms with E-state index in [-0.39, 0.29) is 23.8 Å². The number of nitrogens with one attached hydrogen (secondary N) is 2. The fourth-order valence-electron chi connectivity index (χ4n) is 6.46. The molecule has 1 spiro atoms. The highest BCUT2D eigenvalue weighted by molar-refractivity contribution is 6.02. The largest absolute Gasteiger partial charge is 0.494 e. The number of benzene rings is 1. The van der Waals surface area contributed by atoms with Crippen LogP contribution in [0.3, 0.4) is 0 Å². The molecule has 1 aromatic rings. The van der Waals surface area contributed by atoms with Crippen LogP contribution in [0.15, 0.2) is 36.4 Å². The number of hydrogen-bond acceptors (Lipinski definition) is 5. The van der Waals surface area contributed by atoms with Gasteiger partial charge in [-0.05, 0) is 56.4 Å². The van der Waals surface area contributed by atoms with Crippen LogP contribution < -0.4 is 15.4 Å². The quantitative estimate of drug-likeness (QED) is 0.495. The van der Waals surface area contributed by atoms with Crippen molar-refractivity contribution in [2.24, 2.45) is 17.8 Å². The zero-order chi connectivity index (χ0) is 26.2. The number of hydrogen-bond donors (Lipinski definition) is 2. The van der Waals surface area contributed by atoms with Crippen LogP contribution in [-0.2, 0) is 19.1 Å². The van der Waals surface area contributed by atoms with Crippen LogP contribution in [0.1, 0.15) is 59.3 Å². The number of amides is 3. The number of fused-ring (bicyclic) bond motifs is 1. The lowest BCUT2D eigenvalue weighted by atomic mass is 9.74. The predicted octanol–water partition coefficient (Wildman–Crippen LogP) is 3.67. The van der Waals surface area contributed by atoms with Gasteiger partial charge in [-0.15, -0.1) is 0 Å². The van der Waals surface area contributed by atoms with E-state index < -0.39 is 29.6 Å². The molecule has 0 unspecified atom stereocenters. The van der Waals surface area contributed by atoms with Gasteiger partial charge in [0.25, 0.3) is 0 Å². The average molecular weight is 510 g/mol. The molecule has 8 heteroatoms. The Labute approximate surface area is 219 Å². The third-order valence-corrected chi connectivity index (χ3v) is 8.26. The molecule has 3 amide bonds. The van der Waals surface area contributed by atoms with E-state index in [1.54, 1.807) is 29.2 Å². The summed E-state index contributed by atoms with van der Waals surface area (Å²) in [7, 11) is 0. The van der Waals surface area contributed by atoms with Crippen LogP contribution in [0, 0.1) is 17.8 Å². The molecule has 1 aliphatic carbocycles. The molecule has 8 nitrogen and oxygen atoms in total. The monoisotopic (exact) mass is 509 g/mol. The molecule has 3 aliphatic heterocycles. The van der Waals surface area contributed by atoms with Gasteiger partial charge in [0.1, 0.15) is 17.4 Å². The lowest BCUT2D eigenvalue weighted by molar-refractivity contribution is -0.141. The second-order valence-corrected chi connectivity index (χ2v) is 11.2. The minimum atomic E-state index is -1.11. The Kier molecular flexibility index (Phi) is 7.30. The maximum Gasteiger partial charge on any atom is 0.246 e. The van der Waals surface area contributed by atoms with Crippen molar-refractivity contribution in [3.63, 3.8) is 0 Å². The van der Waals surface area contributed by atoms with Crippen molar-refractivity contribution < 1.29 is 23.9 Å². The Balaban J connectivity index is 1.39. The van der Waals surface area contributed by atoms with E-state index in [4.69, 9.17) is 9.47 Å². The third kappa shape index (κ3) is 4.76. The van der Waals surface area contributed by atoms with E-state index in [0.29, 0.717) is 24.8 Å². The summed E-state index contributed by atoms with van der Waals surface area (Å²) in [5.74, 6) is -0.912. The van der Waals surface area contributed by atoms with Crippen molar-refractivity contribution in [3.05, 3.63) is 36.4 Å². The maximum absolute atomic E-state index is 13.9. The average Bonchev–Trinajstić information content (AvgIpc) is 3.52. The highest BCUT2D eigenvalue weighted by Gasteiger charge is 2.72. The van der Waals surface area contributed by atoms with Gasteiger partial charge in [0, 0.05) is 18.3 Å². The van der Waals surface area contributed by atoms with Crippen molar-refractivity contribution in [2.75, 3.05) is 18.5 Å². The van der Waals surface area contributed by atoms with Gasteiger partial charge in [-0.1, -0.05) is 45.3 Å². The van der Waals surface area contributed by atoms with Crippen molar-refractivity contribution in [1.82, 2.24) is 10.2 Å².